The van der Waals surface area contributed by atoms with Gasteiger partial charge in [0.15, 0.2) is 0 Å². The van der Waals surface area contributed by atoms with E-state index in [-0.39, 0.29) is 83.5 Å². The summed E-state index contributed by atoms with van der Waals surface area (Å²) in [6, 6.07) is 0. The first-order chi connectivity index (χ1) is 0. The number of hydrogen-bond acceptors (Lipinski definition) is 0. The molecule has 42 valence electrons. The molecule has 0 amide bonds. The third-order valence-electron chi connectivity index (χ3n) is 0. The monoisotopic (exact) mass is 392 g/mol. The average Bonchev–Trinajstić information content (AvgIpc) is 0. The summed E-state index contributed by atoms with van der Waals surface area (Å²) in [6.07, 6.45) is 0. The van der Waals surface area contributed by atoms with Gasteiger partial charge in [0.2, 0.25) is 0 Å². The molecule has 0 aromatic carbocycles. The molecule has 0 saturated carbocycles. The van der Waals surface area contributed by atoms with Crippen LogP contribution in [0.5, 0.6) is 0 Å². The second-order valence-electron chi connectivity index (χ2n) is 0. The summed E-state index contributed by atoms with van der Waals surface area (Å²) in [4.78, 5) is 0. The average molecular weight is 391 g/mol. The molecular formula is F5PbY. The van der Waals surface area contributed by atoms with Gasteiger partial charge < -0.3 is 23.5 Å². The zero-order valence-electron chi connectivity index (χ0n) is 2.97. The zero-order chi connectivity index (χ0) is 0. The van der Waals surface area contributed by atoms with Crippen LogP contribution in [0.15, 0.2) is 0 Å². The first-order valence-electron chi connectivity index (χ1n) is 0. The first-order valence-corrected chi connectivity index (χ1v) is 0. The van der Waals surface area contributed by atoms with Gasteiger partial charge in [0.05, 0.1) is 0 Å². The molecule has 0 saturated heterocycles. The van der Waals surface area contributed by atoms with Crippen LogP contribution in [0.1, 0.15) is 0 Å². The smallest absolute Gasteiger partial charge is 1.00 e. The van der Waals surface area contributed by atoms with E-state index >= 15 is 0 Å². The van der Waals surface area contributed by atoms with Gasteiger partial charge in [-0.3, -0.25) is 0 Å². The molecule has 0 fully saturated rings. The Hall–Kier alpha value is 1.68. The molecule has 0 spiro atoms. The van der Waals surface area contributed by atoms with Crippen molar-refractivity contribution in [2.45, 2.75) is 0 Å². The fourth-order valence-electron chi connectivity index (χ4n) is 0. The van der Waals surface area contributed by atoms with Crippen LogP contribution < -0.4 is 23.5 Å². The Balaban J connectivity index is 0. The van der Waals surface area contributed by atoms with E-state index in [9.17, 15) is 0 Å². The molecule has 0 aliphatic rings. The minimum Gasteiger partial charge on any atom is -1.00 e. The molecule has 7 heteroatoms. The summed E-state index contributed by atoms with van der Waals surface area (Å²) in [6.45, 7) is 0. The molecular weight excluding hydrogens is 391 g/mol. The maximum absolute atomic E-state index is 0. The molecule has 0 heterocycles. The molecule has 0 nitrogen and oxygen atoms in total. The van der Waals surface area contributed by atoms with Crippen molar-refractivity contribution in [1.29, 1.82) is 0 Å². The van der Waals surface area contributed by atoms with E-state index in [1.165, 1.54) is 0 Å². The fraction of sp³-hybridized carbons (Fsp3) is 0. The molecule has 7 heavy (non-hydrogen) atoms. The minimum absolute atomic E-state index is 0. The number of halogens is 5. The zero-order valence-corrected chi connectivity index (χ0v) is 9.69. The van der Waals surface area contributed by atoms with Gasteiger partial charge >= 0.3 is 60.0 Å². The van der Waals surface area contributed by atoms with E-state index < -0.39 is 0 Å². The summed E-state index contributed by atoms with van der Waals surface area (Å²) in [7, 11) is 0. The quantitative estimate of drug-likeness (QED) is 0.285. The maximum Gasteiger partial charge on any atom is 3.00 e. The van der Waals surface area contributed by atoms with Crippen LogP contribution >= 0.6 is 0 Å². The number of rotatable bonds is 0. The summed E-state index contributed by atoms with van der Waals surface area (Å²) in [5.41, 5.74) is 0. The maximum atomic E-state index is 0. The molecule has 0 bridgehead atoms. The molecule has 2 radical (unpaired) electrons. The van der Waals surface area contributed by atoms with Gasteiger partial charge in [-0.25, -0.2) is 0 Å². The molecule has 0 aromatic heterocycles. The first kappa shape index (κ1) is 182. The van der Waals surface area contributed by atoms with E-state index in [1.807, 2.05) is 0 Å². The van der Waals surface area contributed by atoms with E-state index in [0.717, 1.165) is 0 Å². The Morgan fingerprint density at radius 3 is 0.429 bits per heavy atom. The molecule has 0 unspecified atom stereocenters. The number of hydrogen-bond donors (Lipinski definition) is 0. The second-order valence-corrected chi connectivity index (χ2v) is 0. The van der Waals surface area contributed by atoms with Crippen LogP contribution in [0.4, 0.5) is 0 Å². The van der Waals surface area contributed by atoms with Crippen molar-refractivity contribution < 1.29 is 56.2 Å². The predicted molar refractivity (Wildman–Crippen MR) is 5.75 cm³/mol. The van der Waals surface area contributed by atoms with Gasteiger partial charge in [-0.15, -0.1) is 0 Å². The topological polar surface area (TPSA) is 0 Å². The standard InChI is InChI=1S/5FH.Pb.Y/h5*1H;;/q;;;;;+2;+3/p-5. The normalized spacial score (nSPS) is 0. The van der Waals surface area contributed by atoms with Gasteiger partial charge in [0, 0.05) is 0 Å². The Bertz CT molecular complexity index is 8.04. The summed E-state index contributed by atoms with van der Waals surface area (Å²) >= 11 is 0. The summed E-state index contributed by atoms with van der Waals surface area (Å²) in [5, 5.41) is 0. The fourth-order valence-corrected chi connectivity index (χ4v) is 0. The van der Waals surface area contributed by atoms with Crippen molar-refractivity contribution in [2.75, 3.05) is 0 Å². The SMILES string of the molecule is [F-].[F-].[F-].[F-].[F-].[Pb+2].[Y+3]. The van der Waals surface area contributed by atoms with Gasteiger partial charge in [0.25, 0.3) is 0 Å². The van der Waals surface area contributed by atoms with Crippen LogP contribution in [0.3, 0.4) is 0 Å². The Morgan fingerprint density at radius 1 is 0.429 bits per heavy atom. The van der Waals surface area contributed by atoms with E-state index in [0.29, 0.717) is 0 Å². The molecule has 0 N–H and O–H groups in total. The third kappa shape index (κ3) is 88.0. The van der Waals surface area contributed by atoms with E-state index in [1.54, 1.807) is 0 Å². The van der Waals surface area contributed by atoms with E-state index in [4.69, 9.17) is 0 Å². The summed E-state index contributed by atoms with van der Waals surface area (Å²) in [5.74, 6) is 0. The van der Waals surface area contributed by atoms with E-state index in [2.05, 4.69) is 0 Å². The van der Waals surface area contributed by atoms with Crippen molar-refractivity contribution in [2.24, 2.45) is 0 Å². The van der Waals surface area contributed by atoms with Crippen LogP contribution in [0, 0.1) is 0 Å². The largest absolute Gasteiger partial charge is 3.00 e. The minimum atomic E-state index is 0. The van der Waals surface area contributed by atoms with Gasteiger partial charge in [0.1, 0.15) is 0 Å². The van der Waals surface area contributed by atoms with Gasteiger partial charge in [-0.2, -0.15) is 0 Å². The van der Waals surface area contributed by atoms with Crippen molar-refractivity contribution in [3.63, 3.8) is 0 Å². The Kier molecular flexibility index (Phi) is 3170. The van der Waals surface area contributed by atoms with Crippen molar-refractivity contribution >= 4 is 27.3 Å². The molecule has 0 rings (SSSR count). The van der Waals surface area contributed by atoms with Crippen LogP contribution in [0.2, 0.25) is 0 Å². The van der Waals surface area contributed by atoms with Crippen LogP contribution in [0.25, 0.3) is 0 Å². The van der Waals surface area contributed by atoms with Crippen molar-refractivity contribution in [1.82, 2.24) is 0 Å². The molecule has 0 aromatic rings. The Morgan fingerprint density at radius 2 is 0.429 bits per heavy atom. The molecule has 0 aliphatic heterocycles. The molecule has 0 aliphatic carbocycles. The van der Waals surface area contributed by atoms with Gasteiger partial charge in [-0.05, 0) is 0 Å². The van der Waals surface area contributed by atoms with Crippen molar-refractivity contribution in [3.8, 4) is 0 Å². The van der Waals surface area contributed by atoms with Crippen LogP contribution in [-0.4, -0.2) is 27.3 Å². The van der Waals surface area contributed by atoms with Crippen molar-refractivity contribution in [3.05, 3.63) is 0 Å². The van der Waals surface area contributed by atoms with Crippen LogP contribution in [-0.2, 0) is 32.7 Å². The summed E-state index contributed by atoms with van der Waals surface area (Å²) < 4.78 is 0. The van der Waals surface area contributed by atoms with Gasteiger partial charge in [-0.1, -0.05) is 0 Å². The Labute approximate surface area is 82.7 Å². The third-order valence-corrected chi connectivity index (χ3v) is 0. The predicted octanol–water partition coefficient (Wildman–Crippen LogP) is -15.4. The molecule has 0 atom stereocenters. The second kappa shape index (κ2) is 122.